The molecule has 12 heteroatoms. The van der Waals surface area contributed by atoms with Crippen LogP contribution in [0.4, 0.5) is 23.1 Å². The lowest BCUT2D eigenvalue weighted by Gasteiger charge is -2.27. The van der Waals surface area contributed by atoms with E-state index in [0.717, 1.165) is 74.8 Å². The number of hydrogen-bond acceptors (Lipinski definition) is 12. The van der Waals surface area contributed by atoms with Crippen LogP contribution >= 0.6 is 34.9 Å². The fraction of sp³-hybridized carbons (Fsp3) is 0.235. The van der Waals surface area contributed by atoms with Crippen molar-refractivity contribution in [3.63, 3.8) is 0 Å². The Kier molecular flexibility index (Phi) is 8.78. The van der Waals surface area contributed by atoms with E-state index in [0.29, 0.717) is 48.3 Å². The second kappa shape index (κ2) is 13.3. The molecule has 0 unspecified atom stereocenters. The van der Waals surface area contributed by atoms with Crippen molar-refractivity contribution in [3.05, 3.63) is 86.2 Å². The van der Waals surface area contributed by atoms with Crippen molar-refractivity contribution in [2.24, 2.45) is 0 Å². The van der Waals surface area contributed by atoms with Crippen molar-refractivity contribution in [1.29, 1.82) is 0 Å². The fourth-order valence-electron chi connectivity index (χ4n) is 5.55. The van der Waals surface area contributed by atoms with Gasteiger partial charge in [-0.3, -0.25) is 4.79 Å². The molecule has 2 aliphatic heterocycles. The molecule has 236 valence electrons. The van der Waals surface area contributed by atoms with E-state index in [2.05, 4.69) is 10.3 Å². The number of nitrogen functional groups attached to an aromatic ring is 2. The molecule has 0 amide bonds. The first kappa shape index (κ1) is 30.5. The number of nitrogens with zero attached hydrogens (tertiary/aromatic N) is 2. The monoisotopic (exact) mass is 672 g/mol. The van der Waals surface area contributed by atoms with Gasteiger partial charge in [0.25, 0.3) is 0 Å². The second-order valence-corrected chi connectivity index (χ2v) is 13.2. The molecule has 2 aliphatic rings. The third-order valence-electron chi connectivity index (χ3n) is 7.90. The molecule has 0 spiro atoms. The van der Waals surface area contributed by atoms with Gasteiger partial charge in [0, 0.05) is 71.6 Å². The summed E-state index contributed by atoms with van der Waals surface area (Å²) in [5.74, 6) is 1.42. The molecule has 0 bridgehead atoms. The molecular weight excluding hydrogens is 641 g/mol. The summed E-state index contributed by atoms with van der Waals surface area (Å²) in [6.07, 6.45) is 0. The van der Waals surface area contributed by atoms with Crippen molar-refractivity contribution in [1.82, 2.24) is 0 Å². The van der Waals surface area contributed by atoms with Crippen LogP contribution in [0.15, 0.2) is 85.1 Å². The lowest BCUT2D eigenvalue weighted by atomic mass is 10.1. The van der Waals surface area contributed by atoms with E-state index in [4.69, 9.17) is 42.0 Å². The molecular formula is C34H32N4O5S3. The van der Waals surface area contributed by atoms with Gasteiger partial charge < -0.3 is 39.6 Å². The van der Waals surface area contributed by atoms with Gasteiger partial charge in [-0.15, -0.1) is 22.7 Å². The lowest BCUT2D eigenvalue weighted by Crippen LogP contribution is -2.36. The van der Waals surface area contributed by atoms with Gasteiger partial charge in [-0.25, -0.2) is 0 Å². The number of fused-ring (bicyclic) bond motifs is 2. The summed E-state index contributed by atoms with van der Waals surface area (Å²) in [7, 11) is 0. The zero-order valence-electron chi connectivity index (χ0n) is 24.9. The Morgan fingerprint density at radius 3 is 1.65 bits per heavy atom. The molecule has 6 heterocycles. The summed E-state index contributed by atoms with van der Waals surface area (Å²) in [6.45, 7) is 5.82. The summed E-state index contributed by atoms with van der Waals surface area (Å²) < 4.78 is 25.5. The van der Waals surface area contributed by atoms with Crippen LogP contribution in [0.1, 0.15) is 0 Å². The Balaban J connectivity index is 0.000000147. The maximum atomic E-state index is 12.4. The van der Waals surface area contributed by atoms with Crippen molar-refractivity contribution >= 4 is 78.6 Å². The highest BCUT2D eigenvalue weighted by atomic mass is 32.1. The molecule has 2 fully saturated rings. The first-order valence-corrected chi connectivity index (χ1v) is 17.1. The zero-order valence-corrected chi connectivity index (χ0v) is 27.3. The molecule has 8 rings (SSSR count). The highest BCUT2D eigenvalue weighted by Gasteiger charge is 2.19. The van der Waals surface area contributed by atoms with Gasteiger partial charge in [0.15, 0.2) is 22.9 Å². The summed E-state index contributed by atoms with van der Waals surface area (Å²) >= 11 is 8.59. The fourth-order valence-corrected chi connectivity index (χ4v) is 7.71. The van der Waals surface area contributed by atoms with Gasteiger partial charge in [-0.05, 0) is 35.4 Å². The number of thiophene rings is 2. The van der Waals surface area contributed by atoms with E-state index < -0.39 is 0 Å². The van der Waals surface area contributed by atoms with E-state index in [1.165, 1.54) is 11.3 Å². The Morgan fingerprint density at radius 2 is 1.13 bits per heavy atom. The van der Waals surface area contributed by atoms with Crippen molar-refractivity contribution < 1.29 is 18.3 Å². The minimum Gasteiger partial charge on any atom is -0.439 e. The van der Waals surface area contributed by atoms with E-state index in [-0.39, 0.29) is 5.43 Å². The third-order valence-corrected chi connectivity index (χ3v) is 10.3. The predicted molar refractivity (Wildman–Crippen MR) is 191 cm³/mol. The Morgan fingerprint density at radius 1 is 0.652 bits per heavy atom. The molecule has 0 atom stereocenters. The molecule has 9 nitrogen and oxygen atoms in total. The number of benzene rings is 2. The largest absolute Gasteiger partial charge is 0.439 e. The summed E-state index contributed by atoms with van der Waals surface area (Å²) in [5, 5.41) is 4.04. The maximum Gasteiger partial charge on any atom is 0.204 e. The molecule has 2 saturated heterocycles. The molecule has 0 aliphatic carbocycles. The number of rotatable bonds is 4. The Labute approximate surface area is 278 Å². The molecule has 0 radical (unpaired) electrons. The Hall–Kier alpha value is -4.20. The third kappa shape index (κ3) is 6.26. The van der Waals surface area contributed by atoms with Crippen molar-refractivity contribution in [2.75, 3.05) is 73.9 Å². The van der Waals surface area contributed by atoms with Crippen LogP contribution in [0.25, 0.3) is 42.8 Å². The average molecular weight is 673 g/mol. The smallest absolute Gasteiger partial charge is 0.204 e. The summed E-state index contributed by atoms with van der Waals surface area (Å²) in [6, 6.07) is 19.0. The quantitative estimate of drug-likeness (QED) is 0.146. The first-order chi connectivity index (χ1) is 22.4. The highest BCUT2D eigenvalue weighted by molar-refractivity contribution is 7.72. The number of anilines is 4. The molecule has 4 N–H and O–H groups in total. The van der Waals surface area contributed by atoms with Gasteiger partial charge in [-0.1, -0.05) is 36.5 Å². The summed E-state index contributed by atoms with van der Waals surface area (Å²) in [5.41, 5.74) is 18.6. The number of ether oxygens (including phenoxy) is 2. The standard InChI is InChI=1S/C17H16N2O3S.C17H16N2O2S2/c18-12-3-1-2-11(8-12)13-10-23-17-14(20)9-15(22-16(13)17)19-4-6-21-7-5-19;18-12-3-1-2-11(8-12)13-10-23-17-14(22)9-15(21-16(13)17)19-4-6-20-7-5-19/h2*1-3,8-10H,4-7,18H2. The van der Waals surface area contributed by atoms with Gasteiger partial charge in [0.2, 0.25) is 5.43 Å². The Bertz CT molecular complexity index is 1970. The predicted octanol–water partition coefficient (Wildman–Crippen LogP) is 7.25. The van der Waals surface area contributed by atoms with Gasteiger partial charge in [-0.2, -0.15) is 0 Å². The zero-order chi connectivity index (χ0) is 31.6. The van der Waals surface area contributed by atoms with Crippen LogP contribution in [-0.4, -0.2) is 52.6 Å². The summed E-state index contributed by atoms with van der Waals surface area (Å²) in [4.78, 5) is 16.6. The minimum atomic E-state index is -0.00658. The van der Waals surface area contributed by atoms with Crippen LogP contribution in [0, 0.1) is 4.51 Å². The molecule has 6 aromatic rings. The number of nitrogens with two attached hydrogens (primary N) is 2. The van der Waals surface area contributed by atoms with Crippen LogP contribution in [0.2, 0.25) is 0 Å². The second-order valence-electron chi connectivity index (χ2n) is 11.0. The first-order valence-electron chi connectivity index (χ1n) is 14.9. The molecule has 2 aromatic carbocycles. The maximum absolute atomic E-state index is 12.4. The molecule has 46 heavy (non-hydrogen) atoms. The van der Waals surface area contributed by atoms with Crippen LogP contribution in [0.3, 0.4) is 0 Å². The van der Waals surface area contributed by atoms with E-state index in [9.17, 15) is 4.79 Å². The van der Waals surface area contributed by atoms with Crippen molar-refractivity contribution in [2.45, 2.75) is 0 Å². The van der Waals surface area contributed by atoms with Crippen LogP contribution < -0.4 is 26.7 Å². The van der Waals surface area contributed by atoms with E-state index in [1.807, 2.05) is 64.9 Å². The van der Waals surface area contributed by atoms with E-state index >= 15 is 0 Å². The highest BCUT2D eigenvalue weighted by Crippen LogP contribution is 2.38. The normalized spacial score (nSPS) is 15.2. The molecule has 0 saturated carbocycles. The topological polar surface area (TPSA) is 120 Å². The van der Waals surface area contributed by atoms with E-state index in [1.54, 1.807) is 17.4 Å². The average Bonchev–Trinajstić information content (AvgIpc) is 3.72. The van der Waals surface area contributed by atoms with Crippen LogP contribution in [0.5, 0.6) is 0 Å². The SMILES string of the molecule is Nc1cccc(-c2csc3c(=O)cc(N4CCOCC4)oc23)c1.Nc1cccc(-c2csc3c(=S)cc(N4CCOCC4)oc23)c1. The minimum absolute atomic E-state index is 0.00658. The molecule has 4 aromatic heterocycles. The van der Waals surface area contributed by atoms with Gasteiger partial charge >= 0.3 is 0 Å². The van der Waals surface area contributed by atoms with Crippen LogP contribution in [-0.2, 0) is 9.47 Å². The number of hydrogen-bond donors (Lipinski definition) is 2. The number of morpholine rings is 2. The van der Waals surface area contributed by atoms with Crippen molar-refractivity contribution in [3.8, 4) is 22.3 Å². The van der Waals surface area contributed by atoms with Gasteiger partial charge in [0.05, 0.1) is 35.6 Å². The van der Waals surface area contributed by atoms with Gasteiger partial charge in [0.1, 0.15) is 4.70 Å². The lowest BCUT2D eigenvalue weighted by molar-refractivity contribution is 0.120.